The van der Waals surface area contributed by atoms with Crippen LogP contribution in [-0.4, -0.2) is 50.1 Å². The summed E-state index contributed by atoms with van der Waals surface area (Å²) in [6.45, 7) is 4.56. The molecule has 31 heavy (non-hydrogen) atoms. The Balaban J connectivity index is 0. The van der Waals surface area contributed by atoms with Crippen molar-refractivity contribution in [1.82, 2.24) is 0 Å². The Bertz CT molecular complexity index is 446. The van der Waals surface area contributed by atoms with Crippen LogP contribution in [0.15, 0.2) is 0 Å². The van der Waals surface area contributed by atoms with Crippen molar-refractivity contribution < 1.29 is 17.0 Å². The Kier molecular flexibility index (Phi) is 27.9. The molecule has 0 aliphatic rings. The van der Waals surface area contributed by atoms with Crippen LogP contribution in [0.25, 0.3) is 0 Å². The minimum absolute atomic E-state index is 0. The van der Waals surface area contributed by atoms with Gasteiger partial charge in [-0.1, -0.05) is 129 Å². The Morgan fingerprint density at radius 1 is 0.581 bits per heavy atom. The third-order valence-electron chi connectivity index (χ3n) is 5.84. The molecule has 184 valence electrons. The normalized spacial score (nSPS) is 12.6. The van der Waals surface area contributed by atoms with E-state index >= 15 is 0 Å². The van der Waals surface area contributed by atoms with Crippen LogP contribution in [0, 0.1) is 0 Å². The first kappa shape index (κ1) is 34.0. The van der Waals surface area contributed by atoms with Crippen molar-refractivity contribution in [2.24, 2.45) is 0 Å². The summed E-state index contributed by atoms with van der Waals surface area (Å²) in [7, 11) is -4.05. The summed E-state index contributed by atoms with van der Waals surface area (Å²) < 4.78 is 42.6. The maximum absolute atomic E-state index is 14.0. The molecule has 0 rings (SSSR count). The molecule has 0 amide bonds. The van der Waals surface area contributed by atoms with E-state index in [2.05, 4.69) is 13.8 Å². The molecule has 0 aliphatic carbocycles. The number of rotatable bonds is 24. The fourth-order valence-corrected chi connectivity index (χ4v) is 4.73. The van der Waals surface area contributed by atoms with Gasteiger partial charge in [0.25, 0.3) is 10.1 Å². The molecule has 1 unspecified atom stereocenters. The molecule has 3 nitrogen and oxygen atoms in total. The van der Waals surface area contributed by atoms with E-state index in [1.54, 1.807) is 0 Å². The summed E-state index contributed by atoms with van der Waals surface area (Å²) in [5.74, 6) is 0. The SMILES string of the molecule is CCCCCCCCCCCCCCOS(=O)(=O)C(F)CCCCCCCCCC.[NaH]. The fraction of sp³-hybridized carbons (Fsp3) is 1.00. The van der Waals surface area contributed by atoms with Gasteiger partial charge in [0.1, 0.15) is 0 Å². The van der Waals surface area contributed by atoms with Crippen molar-refractivity contribution in [2.75, 3.05) is 6.61 Å². The second kappa shape index (κ2) is 25.5. The first-order chi connectivity index (χ1) is 14.5. The van der Waals surface area contributed by atoms with Crippen LogP contribution in [0.1, 0.15) is 149 Å². The van der Waals surface area contributed by atoms with Gasteiger partial charge in [-0.25, -0.2) is 4.39 Å². The molecular weight excluding hydrogens is 422 g/mol. The van der Waals surface area contributed by atoms with E-state index in [1.807, 2.05) is 0 Å². The summed E-state index contributed by atoms with van der Waals surface area (Å²) >= 11 is 0. The topological polar surface area (TPSA) is 43.4 Å². The van der Waals surface area contributed by atoms with Gasteiger partial charge in [0.2, 0.25) is 5.50 Å². The third-order valence-corrected chi connectivity index (χ3v) is 7.20. The van der Waals surface area contributed by atoms with Crippen LogP contribution in [0.3, 0.4) is 0 Å². The monoisotopic (exact) mass is 474 g/mol. The van der Waals surface area contributed by atoms with Gasteiger partial charge in [0.05, 0.1) is 6.61 Å². The van der Waals surface area contributed by atoms with Crippen molar-refractivity contribution in [3.8, 4) is 0 Å². The van der Waals surface area contributed by atoms with Crippen LogP contribution in [0.4, 0.5) is 4.39 Å². The molecule has 0 spiro atoms. The minimum atomic E-state index is -4.05. The van der Waals surface area contributed by atoms with Crippen LogP contribution in [0.2, 0.25) is 0 Å². The Labute approximate surface area is 216 Å². The molecule has 0 aliphatic heterocycles. The Morgan fingerprint density at radius 3 is 1.29 bits per heavy atom. The number of alkyl halides is 1. The predicted octanol–water partition coefficient (Wildman–Crippen LogP) is 8.21. The van der Waals surface area contributed by atoms with Gasteiger partial charge in [0.15, 0.2) is 0 Å². The molecule has 0 radical (unpaired) electrons. The first-order valence-corrected chi connectivity index (χ1v) is 14.5. The van der Waals surface area contributed by atoms with Crippen molar-refractivity contribution in [3.05, 3.63) is 0 Å². The third kappa shape index (κ3) is 23.8. The van der Waals surface area contributed by atoms with Gasteiger partial charge in [-0.3, -0.25) is 4.18 Å². The van der Waals surface area contributed by atoms with Crippen LogP contribution >= 0.6 is 0 Å². The zero-order valence-electron chi connectivity index (χ0n) is 20.1. The molecule has 1 atom stereocenters. The quantitative estimate of drug-likeness (QED) is 0.0804. The van der Waals surface area contributed by atoms with Gasteiger partial charge < -0.3 is 0 Å². The molecule has 0 aromatic carbocycles. The van der Waals surface area contributed by atoms with Gasteiger partial charge in [-0.2, -0.15) is 8.42 Å². The average molecular weight is 475 g/mol. The van der Waals surface area contributed by atoms with E-state index in [1.165, 1.54) is 89.9 Å². The average Bonchev–Trinajstić information content (AvgIpc) is 2.73. The second-order valence-electron chi connectivity index (χ2n) is 8.88. The first-order valence-electron chi connectivity index (χ1n) is 13.1. The van der Waals surface area contributed by atoms with Crippen molar-refractivity contribution in [3.63, 3.8) is 0 Å². The van der Waals surface area contributed by atoms with Gasteiger partial charge >= 0.3 is 29.6 Å². The number of hydrogen-bond acceptors (Lipinski definition) is 3. The molecule has 0 bridgehead atoms. The summed E-state index contributed by atoms with van der Waals surface area (Å²) in [5.41, 5.74) is -1.87. The Morgan fingerprint density at radius 2 is 0.903 bits per heavy atom. The molecule has 0 N–H and O–H groups in total. The van der Waals surface area contributed by atoms with Crippen molar-refractivity contribution in [1.29, 1.82) is 0 Å². The zero-order valence-corrected chi connectivity index (χ0v) is 21.0. The molecule has 6 heteroatoms. The van der Waals surface area contributed by atoms with E-state index in [9.17, 15) is 12.8 Å². The molecule has 0 aromatic rings. The molecule has 0 aromatic heterocycles. The zero-order chi connectivity index (χ0) is 22.3. The van der Waals surface area contributed by atoms with Crippen molar-refractivity contribution in [2.45, 2.75) is 154 Å². The Hall–Kier alpha value is 0.840. The standard InChI is InChI=1S/C25H51FO3S.Na.H/c1-3-5-7-9-11-13-14-15-16-18-20-22-24-29-30(27,28)25(26)23-21-19-17-12-10-8-6-4-2;;/h25H,3-24H2,1-2H3;;. The second-order valence-corrected chi connectivity index (χ2v) is 10.6. The maximum atomic E-state index is 14.0. The molecule has 0 fully saturated rings. The van der Waals surface area contributed by atoms with Crippen molar-refractivity contribution >= 4 is 39.7 Å². The van der Waals surface area contributed by atoms with Crippen LogP contribution < -0.4 is 0 Å². The van der Waals surface area contributed by atoms with E-state index in [0.717, 1.165) is 25.7 Å². The fourth-order valence-electron chi connectivity index (χ4n) is 3.78. The summed E-state index contributed by atoms with van der Waals surface area (Å²) in [5, 5.41) is 0. The summed E-state index contributed by atoms with van der Waals surface area (Å²) in [6.07, 6.45) is 23.5. The molecule has 0 saturated carbocycles. The van der Waals surface area contributed by atoms with Crippen LogP contribution in [-0.2, 0) is 14.3 Å². The number of unbranched alkanes of at least 4 members (excludes halogenated alkanes) is 18. The van der Waals surface area contributed by atoms with Gasteiger partial charge in [-0.15, -0.1) is 0 Å². The number of halogens is 1. The number of hydrogen-bond donors (Lipinski definition) is 0. The van der Waals surface area contributed by atoms with Crippen LogP contribution in [0.5, 0.6) is 0 Å². The van der Waals surface area contributed by atoms with E-state index in [0.29, 0.717) is 12.8 Å². The summed E-state index contributed by atoms with van der Waals surface area (Å²) in [6, 6.07) is 0. The van der Waals surface area contributed by atoms with Gasteiger partial charge in [0, 0.05) is 0 Å². The van der Waals surface area contributed by atoms with Gasteiger partial charge in [-0.05, 0) is 19.3 Å². The molecule has 0 saturated heterocycles. The molecular formula is C25H52FNaO3S. The van der Waals surface area contributed by atoms with E-state index in [-0.39, 0.29) is 42.6 Å². The van der Waals surface area contributed by atoms with E-state index < -0.39 is 15.6 Å². The summed E-state index contributed by atoms with van der Waals surface area (Å²) in [4.78, 5) is 0. The van der Waals surface area contributed by atoms with E-state index in [4.69, 9.17) is 4.18 Å². The predicted molar refractivity (Wildman–Crippen MR) is 135 cm³/mol. The molecule has 0 heterocycles.